The van der Waals surface area contributed by atoms with Crippen molar-refractivity contribution in [3.8, 4) is 51.0 Å². The monoisotopic (exact) mass is 790 g/mol. The van der Waals surface area contributed by atoms with Crippen molar-refractivity contribution in [3.05, 3.63) is 206 Å². The molecule has 5 nitrogen and oxygen atoms in total. The predicted molar refractivity (Wildman–Crippen MR) is 256 cm³/mol. The normalized spacial score (nSPS) is 11.9. The summed E-state index contributed by atoms with van der Waals surface area (Å²) in [6.45, 7) is 0. The third-order valence-corrected chi connectivity index (χ3v) is 12.4. The van der Waals surface area contributed by atoms with Crippen LogP contribution < -0.4 is 0 Å². The zero-order valence-corrected chi connectivity index (χ0v) is 33.3. The lowest BCUT2D eigenvalue weighted by molar-refractivity contribution is 0.668. The van der Waals surface area contributed by atoms with E-state index in [-0.39, 0.29) is 0 Å². The first-order valence-corrected chi connectivity index (χ1v) is 20.9. The molecule has 3 heterocycles. The SMILES string of the molecule is c1ccc(-c2nc(-c3cccc4ccccc34)nc(-c3cccc4oc5cc(-n6c7cc8ccccc8cc7c7c8ccccc8ccc76)c(-c6ccccc6)cc5c34)n2)cc1. The molecular weight excluding hydrogens is 757 g/mol. The van der Waals surface area contributed by atoms with Gasteiger partial charge >= 0.3 is 0 Å². The van der Waals surface area contributed by atoms with Crippen molar-refractivity contribution in [2.75, 3.05) is 0 Å². The Labute approximate surface area is 355 Å². The number of furan rings is 1. The molecule has 288 valence electrons. The fourth-order valence-electron chi connectivity index (χ4n) is 9.57. The smallest absolute Gasteiger partial charge is 0.164 e. The van der Waals surface area contributed by atoms with E-state index in [2.05, 4.69) is 168 Å². The number of nitrogens with zero attached hydrogens (tertiary/aromatic N) is 4. The Morgan fingerprint density at radius 3 is 1.71 bits per heavy atom. The molecule has 0 aliphatic rings. The minimum absolute atomic E-state index is 0.585. The van der Waals surface area contributed by atoms with Crippen LogP contribution in [-0.2, 0) is 0 Å². The second-order valence-corrected chi connectivity index (χ2v) is 15.9. The van der Waals surface area contributed by atoms with Gasteiger partial charge in [-0.05, 0) is 68.2 Å². The molecule has 0 radical (unpaired) electrons. The van der Waals surface area contributed by atoms with Gasteiger partial charge in [-0.15, -0.1) is 0 Å². The maximum Gasteiger partial charge on any atom is 0.164 e. The lowest BCUT2D eigenvalue weighted by Gasteiger charge is -2.15. The summed E-state index contributed by atoms with van der Waals surface area (Å²) in [5, 5.41) is 11.5. The van der Waals surface area contributed by atoms with Gasteiger partial charge in [0.15, 0.2) is 17.5 Å². The molecule has 0 saturated carbocycles. The van der Waals surface area contributed by atoms with E-state index in [9.17, 15) is 0 Å². The minimum Gasteiger partial charge on any atom is -0.456 e. The molecule has 0 fully saturated rings. The first kappa shape index (κ1) is 34.5. The Bertz CT molecular complexity index is 3920. The van der Waals surface area contributed by atoms with Crippen molar-refractivity contribution in [2.45, 2.75) is 0 Å². The zero-order chi connectivity index (χ0) is 40.7. The van der Waals surface area contributed by atoms with E-state index in [4.69, 9.17) is 19.4 Å². The van der Waals surface area contributed by atoms with Gasteiger partial charge in [-0.1, -0.05) is 170 Å². The van der Waals surface area contributed by atoms with Crippen LogP contribution in [0, 0.1) is 0 Å². The van der Waals surface area contributed by atoms with Crippen LogP contribution >= 0.6 is 0 Å². The van der Waals surface area contributed by atoms with Gasteiger partial charge < -0.3 is 8.98 Å². The minimum atomic E-state index is 0.585. The number of benzene rings is 10. The van der Waals surface area contributed by atoms with Gasteiger partial charge in [0.05, 0.1) is 16.7 Å². The van der Waals surface area contributed by atoms with E-state index >= 15 is 0 Å². The molecular formula is C57H34N4O. The van der Waals surface area contributed by atoms with Crippen molar-refractivity contribution in [1.29, 1.82) is 0 Å². The third kappa shape index (κ3) is 5.32. The maximum absolute atomic E-state index is 6.91. The molecule has 62 heavy (non-hydrogen) atoms. The first-order chi connectivity index (χ1) is 30.7. The second kappa shape index (κ2) is 13.6. The Kier molecular flexibility index (Phi) is 7.54. The molecule has 0 unspecified atom stereocenters. The van der Waals surface area contributed by atoms with E-state index in [1.165, 1.54) is 32.3 Å². The van der Waals surface area contributed by atoms with Crippen LogP contribution in [0.15, 0.2) is 211 Å². The standard InChI is InChI=1S/C57H34N4O/c1-3-15-36(16-4-1)45-33-47-52(34-50(45)61-48-30-29-37-18-10-12-25-42(37)53(48)46-31-39-21-7-8-22-40(39)32-49(46)61)62-51-28-14-27-44(54(47)51)57-59-55(38-19-5-2-6-20-38)58-56(60-57)43-26-13-23-35-17-9-11-24-41(35)43/h1-34H. The van der Waals surface area contributed by atoms with Crippen molar-refractivity contribution < 1.29 is 4.42 Å². The van der Waals surface area contributed by atoms with Crippen LogP contribution in [0.25, 0.3) is 127 Å². The molecule has 13 rings (SSSR count). The Hall–Kier alpha value is -8.41. The third-order valence-electron chi connectivity index (χ3n) is 12.4. The summed E-state index contributed by atoms with van der Waals surface area (Å²) in [6.07, 6.45) is 0. The van der Waals surface area contributed by atoms with Gasteiger partial charge in [0, 0.05) is 49.9 Å². The summed E-state index contributed by atoms with van der Waals surface area (Å²) >= 11 is 0. The quantitative estimate of drug-likeness (QED) is 0.174. The van der Waals surface area contributed by atoms with Crippen LogP contribution in [-0.4, -0.2) is 19.5 Å². The summed E-state index contributed by atoms with van der Waals surface area (Å²) in [5.41, 5.74) is 9.82. The summed E-state index contributed by atoms with van der Waals surface area (Å²) in [4.78, 5) is 15.6. The van der Waals surface area contributed by atoms with Crippen molar-refractivity contribution in [3.63, 3.8) is 0 Å². The van der Waals surface area contributed by atoms with Crippen molar-refractivity contribution >= 4 is 76.1 Å². The van der Waals surface area contributed by atoms with Crippen LogP contribution in [0.5, 0.6) is 0 Å². The van der Waals surface area contributed by atoms with Crippen molar-refractivity contribution in [2.24, 2.45) is 0 Å². The lowest BCUT2D eigenvalue weighted by atomic mass is 9.98. The lowest BCUT2D eigenvalue weighted by Crippen LogP contribution is -2.01. The molecule has 0 aliphatic heterocycles. The molecule has 0 amide bonds. The van der Waals surface area contributed by atoms with Gasteiger partial charge in [-0.2, -0.15) is 0 Å². The van der Waals surface area contributed by atoms with Crippen molar-refractivity contribution in [1.82, 2.24) is 19.5 Å². The highest BCUT2D eigenvalue weighted by molar-refractivity contribution is 6.24. The first-order valence-electron chi connectivity index (χ1n) is 20.9. The fourth-order valence-corrected chi connectivity index (χ4v) is 9.57. The Morgan fingerprint density at radius 2 is 0.919 bits per heavy atom. The average molecular weight is 791 g/mol. The fraction of sp³-hybridized carbons (Fsp3) is 0. The van der Waals surface area contributed by atoms with Gasteiger partial charge in [0.25, 0.3) is 0 Å². The topological polar surface area (TPSA) is 56.7 Å². The second-order valence-electron chi connectivity index (χ2n) is 15.9. The molecule has 0 aliphatic carbocycles. The molecule has 0 N–H and O–H groups in total. The number of rotatable bonds is 5. The number of hydrogen-bond acceptors (Lipinski definition) is 4. The van der Waals surface area contributed by atoms with E-state index in [0.717, 1.165) is 77.2 Å². The Balaban J connectivity index is 1.11. The van der Waals surface area contributed by atoms with Gasteiger partial charge in [-0.3, -0.25) is 0 Å². The summed E-state index contributed by atoms with van der Waals surface area (Å²) in [7, 11) is 0. The van der Waals surface area contributed by atoms with E-state index in [1.807, 2.05) is 42.5 Å². The number of hydrogen-bond donors (Lipinski definition) is 0. The van der Waals surface area contributed by atoms with E-state index in [0.29, 0.717) is 17.5 Å². The molecule has 0 atom stereocenters. The highest BCUT2D eigenvalue weighted by Gasteiger charge is 2.23. The molecule has 13 aromatic rings. The van der Waals surface area contributed by atoms with E-state index < -0.39 is 0 Å². The van der Waals surface area contributed by atoms with E-state index in [1.54, 1.807) is 0 Å². The van der Waals surface area contributed by atoms with Gasteiger partial charge in [0.1, 0.15) is 11.2 Å². The summed E-state index contributed by atoms with van der Waals surface area (Å²) in [5.74, 6) is 1.82. The Morgan fingerprint density at radius 1 is 0.323 bits per heavy atom. The highest BCUT2D eigenvalue weighted by Crippen LogP contribution is 2.45. The molecule has 0 saturated heterocycles. The maximum atomic E-state index is 6.91. The number of aromatic nitrogens is 4. The van der Waals surface area contributed by atoms with Crippen LogP contribution in [0.4, 0.5) is 0 Å². The zero-order valence-electron chi connectivity index (χ0n) is 33.3. The molecule has 5 heteroatoms. The molecule has 3 aromatic heterocycles. The van der Waals surface area contributed by atoms with Gasteiger partial charge in [-0.25, -0.2) is 15.0 Å². The highest BCUT2D eigenvalue weighted by atomic mass is 16.3. The number of fused-ring (bicyclic) bond motifs is 10. The van der Waals surface area contributed by atoms with Crippen LogP contribution in [0.2, 0.25) is 0 Å². The average Bonchev–Trinajstić information content (AvgIpc) is 3.87. The van der Waals surface area contributed by atoms with Gasteiger partial charge in [0.2, 0.25) is 0 Å². The molecule has 0 spiro atoms. The predicted octanol–water partition coefficient (Wildman–Crippen LogP) is 15.0. The molecule has 0 bridgehead atoms. The summed E-state index contributed by atoms with van der Waals surface area (Å²) in [6, 6.07) is 72.8. The van der Waals surface area contributed by atoms with Crippen LogP contribution in [0.3, 0.4) is 0 Å². The largest absolute Gasteiger partial charge is 0.456 e. The molecule has 10 aromatic carbocycles. The van der Waals surface area contributed by atoms with Crippen LogP contribution in [0.1, 0.15) is 0 Å². The summed E-state index contributed by atoms with van der Waals surface area (Å²) < 4.78 is 9.35.